The van der Waals surface area contributed by atoms with E-state index in [1.807, 2.05) is 0 Å². The van der Waals surface area contributed by atoms with Crippen molar-refractivity contribution in [1.82, 2.24) is 0 Å². The van der Waals surface area contributed by atoms with Crippen LogP contribution in [-0.2, 0) is 11.2 Å². The molecule has 96 valence electrons. The molecule has 1 aromatic carbocycles. The highest BCUT2D eigenvalue weighted by molar-refractivity contribution is 6.31. The summed E-state index contributed by atoms with van der Waals surface area (Å²) in [5, 5.41) is 3.18. The number of terminal acetylenes is 1. The SMILES string of the molecule is C#CCc1ccc(Cl)cc1NC(=O)OC(C)(C)C. The first kappa shape index (κ1) is 14.4. The second-order valence-electron chi connectivity index (χ2n) is 4.81. The lowest BCUT2D eigenvalue weighted by Gasteiger charge is -2.20. The van der Waals surface area contributed by atoms with Crippen LogP contribution in [0.5, 0.6) is 0 Å². The zero-order valence-electron chi connectivity index (χ0n) is 10.7. The Balaban J connectivity index is 2.86. The van der Waals surface area contributed by atoms with Gasteiger partial charge in [-0.05, 0) is 38.5 Å². The molecule has 0 spiro atoms. The molecule has 0 atom stereocenters. The van der Waals surface area contributed by atoms with Crippen LogP contribution >= 0.6 is 11.6 Å². The molecule has 0 aromatic heterocycles. The molecule has 1 aromatic rings. The molecular formula is C14H16ClNO2. The van der Waals surface area contributed by atoms with Crippen LogP contribution in [0, 0.1) is 12.3 Å². The number of hydrogen-bond acceptors (Lipinski definition) is 2. The van der Waals surface area contributed by atoms with Crippen LogP contribution in [0.25, 0.3) is 0 Å². The molecule has 0 unspecified atom stereocenters. The molecular weight excluding hydrogens is 250 g/mol. The fourth-order valence-corrected chi connectivity index (χ4v) is 1.51. The van der Waals surface area contributed by atoms with Gasteiger partial charge in [0, 0.05) is 17.1 Å². The smallest absolute Gasteiger partial charge is 0.412 e. The lowest BCUT2D eigenvalue weighted by molar-refractivity contribution is 0.0636. The number of rotatable bonds is 2. The Morgan fingerprint density at radius 2 is 2.17 bits per heavy atom. The van der Waals surface area contributed by atoms with Crippen LogP contribution in [0.3, 0.4) is 0 Å². The van der Waals surface area contributed by atoms with E-state index in [1.54, 1.807) is 39.0 Å². The van der Waals surface area contributed by atoms with E-state index in [0.29, 0.717) is 17.1 Å². The Morgan fingerprint density at radius 3 is 2.72 bits per heavy atom. The Hall–Kier alpha value is -1.66. The third-order valence-corrected chi connectivity index (χ3v) is 2.24. The number of nitrogens with one attached hydrogen (secondary N) is 1. The Bertz CT molecular complexity index is 484. The first-order chi connectivity index (χ1) is 8.31. The standard InChI is InChI=1S/C14H16ClNO2/c1-5-6-10-7-8-11(15)9-12(10)16-13(17)18-14(2,3)4/h1,7-9H,6H2,2-4H3,(H,16,17). The van der Waals surface area contributed by atoms with Gasteiger partial charge >= 0.3 is 6.09 Å². The number of anilines is 1. The molecule has 4 heteroatoms. The minimum Gasteiger partial charge on any atom is -0.444 e. The minimum atomic E-state index is -0.547. The van der Waals surface area contributed by atoms with E-state index in [-0.39, 0.29) is 0 Å². The van der Waals surface area contributed by atoms with E-state index < -0.39 is 11.7 Å². The molecule has 18 heavy (non-hydrogen) atoms. The molecule has 1 N–H and O–H groups in total. The first-order valence-electron chi connectivity index (χ1n) is 5.54. The number of hydrogen-bond donors (Lipinski definition) is 1. The molecule has 0 saturated carbocycles. The van der Waals surface area contributed by atoms with E-state index in [9.17, 15) is 4.79 Å². The van der Waals surface area contributed by atoms with Crippen molar-refractivity contribution in [3.05, 3.63) is 28.8 Å². The summed E-state index contributed by atoms with van der Waals surface area (Å²) in [5.41, 5.74) is 0.858. The number of carbonyl (C=O) groups excluding carboxylic acids is 1. The largest absolute Gasteiger partial charge is 0.444 e. The van der Waals surface area contributed by atoms with Crippen molar-refractivity contribution in [3.63, 3.8) is 0 Å². The van der Waals surface area contributed by atoms with E-state index in [2.05, 4.69) is 11.2 Å². The van der Waals surface area contributed by atoms with Crippen molar-refractivity contribution in [2.75, 3.05) is 5.32 Å². The number of halogens is 1. The Labute approximate surface area is 112 Å². The quantitative estimate of drug-likeness (QED) is 0.825. The summed E-state index contributed by atoms with van der Waals surface area (Å²) >= 11 is 5.89. The monoisotopic (exact) mass is 265 g/mol. The average Bonchev–Trinajstić information content (AvgIpc) is 2.19. The molecule has 1 amide bonds. The maximum Gasteiger partial charge on any atom is 0.412 e. The maximum absolute atomic E-state index is 11.7. The molecule has 0 aliphatic heterocycles. The molecule has 1 rings (SSSR count). The van der Waals surface area contributed by atoms with E-state index in [0.717, 1.165) is 5.56 Å². The summed E-state index contributed by atoms with van der Waals surface area (Å²) < 4.78 is 5.17. The summed E-state index contributed by atoms with van der Waals surface area (Å²) in [4.78, 5) is 11.7. The normalized spacial score (nSPS) is 10.6. The van der Waals surface area contributed by atoms with Gasteiger partial charge in [-0.3, -0.25) is 5.32 Å². The van der Waals surface area contributed by atoms with Gasteiger partial charge in [0.25, 0.3) is 0 Å². The van der Waals surface area contributed by atoms with Crippen molar-refractivity contribution in [2.24, 2.45) is 0 Å². The van der Waals surface area contributed by atoms with Crippen molar-refractivity contribution in [1.29, 1.82) is 0 Å². The molecule has 0 saturated heterocycles. The summed E-state index contributed by atoms with van der Waals surface area (Å²) in [7, 11) is 0. The van der Waals surface area contributed by atoms with Crippen LogP contribution in [-0.4, -0.2) is 11.7 Å². The van der Waals surface area contributed by atoms with E-state index in [4.69, 9.17) is 22.8 Å². The Kier molecular flexibility index (Phi) is 4.63. The fourth-order valence-electron chi connectivity index (χ4n) is 1.34. The Morgan fingerprint density at radius 1 is 1.50 bits per heavy atom. The van der Waals surface area contributed by atoms with Gasteiger partial charge in [0.2, 0.25) is 0 Å². The van der Waals surface area contributed by atoms with Gasteiger partial charge in [0.15, 0.2) is 0 Å². The fraction of sp³-hybridized carbons (Fsp3) is 0.357. The molecule has 0 bridgehead atoms. The predicted molar refractivity (Wildman–Crippen MR) is 73.8 cm³/mol. The second kappa shape index (κ2) is 5.79. The third kappa shape index (κ3) is 4.68. The lowest BCUT2D eigenvalue weighted by atomic mass is 10.1. The summed E-state index contributed by atoms with van der Waals surface area (Å²) in [6.45, 7) is 5.40. The van der Waals surface area contributed by atoms with Gasteiger partial charge in [-0.25, -0.2) is 4.79 Å². The highest BCUT2D eigenvalue weighted by Crippen LogP contribution is 2.22. The van der Waals surface area contributed by atoms with Crippen molar-refractivity contribution < 1.29 is 9.53 Å². The van der Waals surface area contributed by atoms with Crippen LogP contribution in [0.1, 0.15) is 26.3 Å². The predicted octanol–water partition coefficient (Wildman–Crippen LogP) is 3.86. The third-order valence-electron chi connectivity index (χ3n) is 2.00. The minimum absolute atomic E-state index is 0.419. The lowest BCUT2D eigenvalue weighted by Crippen LogP contribution is -2.27. The van der Waals surface area contributed by atoms with Crippen molar-refractivity contribution >= 4 is 23.4 Å². The van der Waals surface area contributed by atoms with Gasteiger partial charge in [-0.1, -0.05) is 17.7 Å². The van der Waals surface area contributed by atoms with Gasteiger partial charge in [-0.15, -0.1) is 12.3 Å². The van der Waals surface area contributed by atoms with Gasteiger partial charge in [0.05, 0.1) is 0 Å². The average molecular weight is 266 g/mol. The molecule has 3 nitrogen and oxygen atoms in total. The van der Waals surface area contributed by atoms with Crippen LogP contribution in [0.2, 0.25) is 5.02 Å². The van der Waals surface area contributed by atoms with Gasteiger partial charge in [-0.2, -0.15) is 0 Å². The highest BCUT2D eigenvalue weighted by atomic mass is 35.5. The second-order valence-corrected chi connectivity index (χ2v) is 5.25. The van der Waals surface area contributed by atoms with Gasteiger partial charge < -0.3 is 4.74 Å². The first-order valence-corrected chi connectivity index (χ1v) is 5.91. The zero-order valence-corrected chi connectivity index (χ0v) is 11.5. The number of amides is 1. The molecule has 0 fully saturated rings. The highest BCUT2D eigenvalue weighted by Gasteiger charge is 2.17. The topological polar surface area (TPSA) is 38.3 Å². The van der Waals surface area contributed by atoms with E-state index in [1.165, 1.54) is 0 Å². The van der Waals surface area contributed by atoms with E-state index >= 15 is 0 Å². The molecule has 0 radical (unpaired) electrons. The maximum atomic E-state index is 11.7. The number of benzene rings is 1. The van der Waals surface area contributed by atoms with Crippen molar-refractivity contribution in [2.45, 2.75) is 32.8 Å². The number of carbonyl (C=O) groups is 1. The zero-order chi connectivity index (χ0) is 13.8. The van der Waals surface area contributed by atoms with Crippen LogP contribution in [0.4, 0.5) is 10.5 Å². The molecule has 0 heterocycles. The summed E-state index contributed by atoms with van der Waals surface area (Å²) in [5.74, 6) is 2.53. The van der Waals surface area contributed by atoms with Crippen LogP contribution < -0.4 is 5.32 Å². The molecule has 0 aliphatic rings. The summed E-state index contributed by atoms with van der Waals surface area (Å²) in [6.07, 6.45) is 5.17. The molecule has 0 aliphatic carbocycles. The summed E-state index contributed by atoms with van der Waals surface area (Å²) in [6, 6.07) is 5.17. The van der Waals surface area contributed by atoms with Crippen molar-refractivity contribution in [3.8, 4) is 12.3 Å². The van der Waals surface area contributed by atoms with Gasteiger partial charge in [0.1, 0.15) is 5.60 Å². The van der Waals surface area contributed by atoms with Crippen LogP contribution in [0.15, 0.2) is 18.2 Å². The number of ether oxygens (including phenoxy) is 1.